The van der Waals surface area contributed by atoms with E-state index in [0.717, 1.165) is 64.7 Å². The molecule has 0 aromatic rings. The van der Waals surface area contributed by atoms with E-state index in [-0.39, 0.29) is 24.0 Å². The van der Waals surface area contributed by atoms with E-state index in [1.54, 1.807) is 0 Å². The minimum Gasteiger partial charge on any atom is -0.357 e. The van der Waals surface area contributed by atoms with Crippen LogP contribution in [-0.4, -0.2) is 97.5 Å². The van der Waals surface area contributed by atoms with Gasteiger partial charge >= 0.3 is 0 Å². The van der Waals surface area contributed by atoms with Gasteiger partial charge in [0.15, 0.2) is 5.96 Å². The Morgan fingerprint density at radius 3 is 2.35 bits per heavy atom. The summed E-state index contributed by atoms with van der Waals surface area (Å²) in [6.45, 7) is 10.2. The van der Waals surface area contributed by atoms with Crippen LogP contribution in [0.15, 0.2) is 4.99 Å². The smallest absolute Gasteiger partial charge is 0.236 e. The molecule has 0 atom stereocenters. The van der Waals surface area contributed by atoms with Crippen LogP contribution in [0.25, 0.3) is 0 Å². The number of nitrogens with one attached hydrogen (secondary N) is 1. The third-order valence-electron chi connectivity index (χ3n) is 4.84. The van der Waals surface area contributed by atoms with Gasteiger partial charge in [-0.25, -0.2) is 0 Å². The number of unbranched alkanes of at least 4 members (excludes halogenated alkanes) is 1. The molecule has 8 heteroatoms. The molecule has 2 fully saturated rings. The molecule has 0 unspecified atom stereocenters. The van der Waals surface area contributed by atoms with Crippen molar-refractivity contribution in [2.45, 2.75) is 32.6 Å². The van der Waals surface area contributed by atoms with Crippen molar-refractivity contribution < 1.29 is 4.79 Å². The standard InChI is InChI=1S/C18H35N5OS.HI/c1-3-19-18(20-8-4-7-15-25-2)23-13-11-21(12-14-23)16-17(24)22-9-5-6-10-22;/h3-16H2,1-2H3,(H,19,20);1H. The van der Waals surface area contributed by atoms with E-state index < -0.39 is 0 Å². The lowest BCUT2D eigenvalue weighted by Gasteiger charge is -2.36. The highest BCUT2D eigenvalue weighted by atomic mass is 127. The summed E-state index contributed by atoms with van der Waals surface area (Å²) in [6.07, 6.45) is 6.87. The molecular weight excluding hydrogens is 461 g/mol. The molecule has 0 radical (unpaired) electrons. The molecule has 1 N–H and O–H groups in total. The Morgan fingerprint density at radius 2 is 1.73 bits per heavy atom. The lowest BCUT2D eigenvalue weighted by Crippen LogP contribution is -2.54. The van der Waals surface area contributed by atoms with Gasteiger partial charge < -0.3 is 15.1 Å². The lowest BCUT2D eigenvalue weighted by molar-refractivity contribution is -0.131. The zero-order valence-corrected chi connectivity index (χ0v) is 19.6. The summed E-state index contributed by atoms with van der Waals surface area (Å²) in [4.78, 5) is 23.7. The van der Waals surface area contributed by atoms with Gasteiger partial charge in [-0.1, -0.05) is 0 Å². The fourth-order valence-electron chi connectivity index (χ4n) is 3.34. The van der Waals surface area contributed by atoms with Gasteiger partial charge in [0, 0.05) is 52.4 Å². The number of carbonyl (C=O) groups is 1. The van der Waals surface area contributed by atoms with Crippen LogP contribution in [0.3, 0.4) is 0 Å². The van der Waals surface area contributed by atoms with Gasteiger partial charge in [0.25, 0.3) is 0 Å². The third kappa shape index (κ3) is 8.21. The molecule has 0 spiro atoms. The van der Waals surface area contributed by atoms with Gasteiger partial charge in [-0.05, 0) is 44.6 Å². The van der Waals surface area contributed by atoms with Gasteiger partial charge in [0.2, 0.25) is 5.91 Å². The second-order valence-corrected chi connectivity index (χ2v) is 7.77. The number of guanidine groups is 1. The van der Waals surface area contributed by atoms with E-state index >= 15 is 0 Å². The summed E-state index contributed by atoms with van der Waals surface area (Å²) >= 11 is 1.90. The van der Waals surface area contributed by atoms with E-state index in [0.29, 0.717) is 12.5 Å². The highest BCUT2D eigenvalue weighted by molar-refractivity contribution is 14.0. The number of hydrogen-bond acceptors (Lipinski definition) is 4. The van der Waals surface area contributed by atoms with Crippen LogP contribution in [0.2, 0.25) is 0 Å². The minimum absolute atomic E-state index is 0. The molecule has 0 aromatic carbocycles. The average Bonchev–Trinajstić information content (AvgIpc) is 3.16. The number of hydrogen-bond donors (Lipinski definition) is 1. The van der Waals surface area contributed by atoms with Gasteiger partial charge in [0.05, 0.1) is 6.54 Å². The molecule has 152 valence electrons. The molecule has 1 amide bonds. The van der Waals surface area contributed by atoms with Crippen molar-refractivity contribution in [3.05, 3.63) is 0 Å². The second-order valence-electron chi connectivity index (χ2n) is 6.79. The van der Waals surface area contributed by atoms with Gasteiger partial charge in [-0.15, -0.1) is 24.0 Å². The first kappa shape index (κ1) is 23.8. The molecular formula is C18H36IN5OS. The van der Waals surface area contributed by atoms with Crippen molar-refractivity contribution in [3.63, 3.8) is 0 Å². The highest BCUT2D eigenvalue weighted by Gasteiger charge is 2.24. The fraction of sp³-hybridized carbons (Fsp3) is 0.889. The Kier molecular flexibility index (Phi) is 12.7. The van der Waals surface area contributed by atoms with Crippen molar-refractivity contribution >= 4 is 47.6 Å². The van der Waals surface area contributed by atoms with E-state index in [1.807, 2.05) is 16.7 Å². The summed E-state index contributed by atoms with van der Waals surface area (Å²) < 4.78 is 0. The van der Waals surface area contributed by atoms with E-state index in [9.17, 15) is 4.79 Å². The Labute approximate surface area is 180 Å². The van der Waals surface area contributed by atoms with Gasteiger partial charge in [0.1, 0.15) is 0 Å². The first-order valence-corrected chi connectivity index (χ1v) is 11.2. The van der Waals surface area contributed by atoms with Crippen LogP contribution in [-0.2, 0) is 4.79 Å². The van der Waals surface area contributed by atoms with Crippen LogP contribution in [0.1, 0.15) is 32.6 Å². The largest absolute Gasteiger partial charge is 0.357 e. The highest BCUT2D eigenvalue weighted by Crippen LogP contribution is 2.09. The quantitative estimate of drug-likeness (QED) is 0.241. The monoisotopic (exact) mass is 497 g/mol. The van der Waals surface area contributed by atoms with Crippen molar-refractivity contribution in [3.8, 4) is 0 Å². The topological polar surface area (TPSA) is 51.2 Å². The maximum absolute atomic E-state index is 12.3. The zero-order chi connectivity index (χ0) is 17.9. The predicted molar refractivity (Wildman–Crippen MR) is 123 cm³/mol. The fourth-order valence-corrected chi connectivity index (χ4v) is 3.84. The number of carbonyl (C=O) groups excluding carboxylic acids is 1. The Hall–Kier alpha value is -0.220. The molecule has 0 aromatic heterocycles. The van der Waals surface area contributed by atoms with Crippen LogP contribution < -0.4 is 5.32 Å². The first-order chi connectivity index (χ1) is 12.2. The molecule has 2 rings (SSSR count). The summed E-state index contributed by atoms with van der Waals surface area (Å²) in [6, 6.07) is 0. The normalized spacial score (nSPS) is 18.8. The molecule has 26 heavy (non-hydrogen) atoms. The number of aliphatic imine (C=N–C) groups is 1. The lowest BCUT2D eigenvalue weighted by atomic mass is 10.3. The van der Waals surface area contributed by atoms with Crippen LogP contribution in [0.5, 0.6) is 0 Å². The summed E-state index contributed by atoms with van der Waals surface area (Å²) in [5.74, 6) is 2.56. The summed E-state index contributed by atoms with van der Waals surface area (Å²) in [5, 5.41) is 3.42. The first-order valence-electron chi connectivity index (χ1n) is 9.77. The Morgan fingerprint density at radius 1 is 1.04 bits per heavy atom. The Bertz CT molecular complexity index is 424. The number of likely N-dealkylation sites (tertiary alicyclic amines) is 1. The van der Waals surface area contributed by atoms with Crippen molar-refractivity contribution in [1.82, 2.24) is 20.0 Å². The van der Waals surface area contributed by atoms with Crippen molar-refractivity contribution in [2.24, 2.45) is 4.99 Å². The molecule has 2 aliphatic rings. The van der Waals surface area contributed by atoms with Gasteiger partial charge in [-0.2, -0.15) is 11.8 Å². The van der Waals surface area contributed by atoms with E-state index in [4.69, 9.17) is 4.99 Å². The van der Waals surface area contributed by atoms with Crippen LogP contribution >= 0.6 is 35.7 Å². The maximum atomic E-state index is 12.3. The molecule has 0 aliphatic carbocycles. The SMILES string of the molecule is CCNC(=NCCCCSC)N1CCN(CC(=O)N2CCCC2)CC1.I. The zero-order valence-electron chi connectivity index (χ0n) is 16.4. The average molecular weight is 497 g/mol. The second kappa shape index (κ2) is 13.9. The third-order valence-corrected chi connectivity index (χ3v) is 5.54. The molecule has 0 saturated carbocycles. The number of piperazine rings is 1. The maximum Gasteiger partial charge on any atom is 0.236 e. The molecule has 2 saturated heterocycles. The molecule has 6 nitrogen and oxygen atoms in total. The van der Waals surface area contributed by atoms with Crippen LogP contribution in [0.4, 0.5) is 0 Å². The minimum atomic E-state index is 0. The summed E-state index contributed by atoms with van der Waals surface area (Å²) in [7, 11) is 0. The summed E-state index contributed by atoms with van der Waals surface area (Å²) in [5.41, 5.74) is 0. The predicted octanol–water partition coefficient (Wildman–Crippen LogP) is 1.95. The van der Waals surface area contributed by atoms with E-state index in [1.165, 1.54) is 25.0 Å². The number of rotatable bonds is 8. The van der Waals surface area contributed by atoms with Gasteiger partial charge in [-0.3, -0.25) is 14.7 Å². The molecule has 2 heterocycles. The van der Waals surface area contributed by atoms with Crippen molar-refractivity contribution in [1.29, 1.82) is 0 Å². The molecule has 0 bridgehead atoms. The van der Waals surface area contributed by atoms with Crippen LogP contribution in [0, 0.1) is 0 Å². The van der Waals surface area contributed by atoms with E-state index in [2.05, 4.69) is 28.3 Å². The number of thioether (sulfide) groups is 1. The number of nitrogens with zero attached hydrogens (tertiary/aromatic N) is 4. The molecule has 2 aliphatic heterocycles. The number of amides is 1. The Balaban J connectivity index is 0.00000338. The number of halogens is 1. The van der Waals surface area contributed by atoms with Crippen molar-refractivity contribution in [2.75, 3.05) is 70.9 Å².